The molecule has 0 aromatic heterocycles. The minimum atomic E-state index is -0.0000618. The molecule has 33 heavy (non-hydrogen) atoms. The van der Waals surface area contributed by atoms with Gasteiger partial charge in [0.25, 0.3) is 0 Å². The van der Waals surface area contributed by atoms with Gasteiger partial charge in [0, 0.05) is 0 Å². The van der Waals surface area contributed by atoms with Crippen LogP contribution in [-0.4, -0.2) is 5.97 Å². The Morgan fingerprint density at radius 2 is 1.30 bits per heavy atom. The van der Waals surface area contributed by atoms with Crippen molar-refractivity contribution in [2.75, 3.05) is 0 Å². The second-order valence-corrected chi connectivity index (χ2v) is 11.1. The van der Waals surface area contributed by atoms with Gasteiger partial charge < -0.3 is 4.74 Å². The van der Waals surface area contributed by atoms with Crippen molar-refractivity contribution in [3.63, 3.8) is 0 Å². The first-order valence-electron chi connectivity index (χ1n) is 14.5. The summed E-state index contributed by atoms with van der Waals surface area (Å²) >= 11 is 0. The van der Waals surface area contributed by atoms with Crippen molar-refractivity contribution in [2.24, 2.45) is 23.7 Å². The molecule has 2 fully saturated rings. The number of ether oxygens (including phenoxy) is 1. The highest BCUT2D eigenvalue weighted by Gasteiger charge is 2.33. The van der Waals surface area contributed by atoms with Crippen molar-refractivity contribution in [3.05, 3.63) is 29.8 Å². The first kappa shape index (κ1) is 26.3. The van der Waals surface area contributed by atoms with E-state index in [1.54, 1.807) is 0 Å². The second-order valence-electron chi connectivity index (χ2n) is 11.1. The number of benzene rings is 1. The van der Waals surface area contributed by atoms with Gasteiger partial charge in [-0.15, -0.1) is 0 Å². The Morgan fingerprint density at radius 3 is 1.91 bits per heavy atom. The van der Waals surface area contributed by atoms with Crippen molar-refractivity contribution in [1.82, 2.24) is 0 Å². The number of rotatable bonds is 13. The molecule has 1 aromatic rings. The Kier molecular flexibility index (Phi) is 11.8. The fraction of sp³-hybridized carbons (Fsp3) is 0.774. The van der Waals surface area contributed by atoms with E-state index in [0.717, 1.165) is 42.8 Å². The van der Waals surface area contributed by atoms with E-state index in [4.69, 9.17) is 4.74 Å². The fourth-order valence-corrected chi connectivity index (χ4v) is 6.31. The first-order chi connectivity index (χ1) is 16.2. The zero-order valence-corrected chi connectivity index (χ0v) is 21.7. The van der Waals surface area contributed by atoms with E-state index >= 15 is 0 Å². The lowest BCUT2D eigenvalue weighted by Crippen LogP contribution is -2.30. The normalized spacial score (nSPS) is 25.6. The third-order valence-corrected chi connectivity index (χ3v) is 8.59. The highest BCUT2D eigenvalue weighted by atomic mass is 16.5. The van der Waals surface area contributed by atoms with Crippen LogP contribution in [0.4, 0.5) is 0 Å². The molecule has 0 spiro atoms. The lowest BCUT2D eigenvalue weighted by molar-refractivity contribution is -0.140. The van der Waals surface area contributed by atoms with Gasteiger partial charge in [0.15, 0.2) is 0 Å². The summed E-state index contributed by atoms with van der Waals surface area (Å²) in [6.07, 6.45) is 23.6. The van der Waals surface area contributed by atoms with Crippen molar-refractivity contribution in [1.29, 1.82) is 0 Å². The molecule has 2 saturated carbocycles. The first-order valence-corrected chi connectivity index (χ1v) is 14.5. The number of carbonyl (C=O) groups is 1. The molecule has 0 radical (unpaired) electrons. The van der Waals surface area contributed by atoms with Gasteiger partial charge in [-0.05, 0) is 86.8 Å². The lowest BCUT2D eigenvalue weighted by Gasteiger charge is -2.37. The van der Waals surface area contributed by atoms with E-state index in [9.17, 15) is 4.79 Å². The molecule has 186 valence electrons. The third kappa shape index (κ3) is 9.10. The van der Waals surface area contributed by atoms with Crippen molar-refractivity contribution < 1.29 is 9.53 Å². The van der Waals surface area contributed by atoms with E-state index in [0.29, 0.717) is 0 Å². The summed E-state index contributed by atoms with van der Waals surface area (Å²) in [6, 6.07) is 8.23. The summed E-state index contributed by atoms with van der Waals surface area (Å²) in [5.41, 5.74) is 1.35. The van der Waals surface area contributed by atoms with E-state index < -0.39 is 0 Å². The minimum Gasteiger partial charge on any atom is -0.426 e. The number of carbonyl (C=O) groups excluding carboxylic acids is 1. The summed E-state index contributed by atoms with van der Waals surface area (Å²) < 4.78 is 5.76. The molecular formula is C31H50O2. The number of hydrogen-bond donors (Lipinski definition) is 0. The molecule has 1 aromatic carbocycles. The smallest absolute Gasteiger partial charge is 0.314 e. The van der Waals surface area contributed by atoms with E-state index in [1.165, 1.54) is 102 Å². The Hall–Kier alpha value is -1.31. The third-order valence-electron chi connectivity index (χ3n) is 8.59. The topological polar surface area (TPSA) is 26.3 Å². The van der Waals surface area contributed by atoms with Crippen LogP contribution in [0, 0.1) is 23.7 Å². The van der Waals surface area contributed by atoms with Crippen LogP contribution in [0.2, 0.25) is 0 Å². The Morgan fingerprint density at radius 1 is 0.727 bits per heavy atom. The minimum absolute atomic E-state index is 0.0000618. The number of esters is 1. The van der Waals surface area contributed by atoms with Gasteiger partial charge in [-0.25, -0.2) is 0 Å². The van der Waals surface area contributed by atoms with Crippen LogP contribution in [0.15, 0.2) is 24.3 Å². The SMILES string of the molecule is CCCCCCc1ccc(OC(=O)C2CCC(C3CCC(CCCCCC)CC3)CC2)cc1. The summed E-state index contributed by atoms with van der Waals surface area (Å²) in [5.74, 6) is 3.58. The molecule has 2 heteroatoms. The maximum atomic E-state index is 12.7. The summed E-state index contributed by atoms with van der Waals surface area (Å²) in [4.78, 5) is 12.7. The van der Waals surface area contributed by atoms with E-state index in [1.807, 2.05) is 12.1 Å². The second kappa shape index (κ2) is 14.8. The maximum absolute atomic E-state index is 12.7. The van der Waals surface area contributed by atoms with Crippen LogP contribution in [0.1, 0.15) is 129 Å². The molecule has 2 aliphatic rings. The predicted molar refractivity (Wildman–Crippen MR) is 140 cm³/mol. The van der Waals surface area contributed by atoms with E-state index in [2.05, 4.69) is 26.0 Å². The Balaban J connectivity index is 1.32. The van der Waals surface area contributed by atoms with Crippen LogP contribution in [0.25, 0.3) is 0 Å². The quantitative estimate of drug-likeness (QED) is 0.169. The molecule has 0 atom stereocenters. The average molecular weight is 455 g/mol. The number of hydrogen-bond acceptors (Lipinski definition) is 2. The van der Waals surface area contributed by atoms with Crippen LogP contribution < -0.4 is 4.74 Å². The average Bonchev–Trinajstić information content (AvgIpc) is 2.86. The molecule has 0 saturated heterocycles. The zero-order chi connectivity index (χ0) is 23.3. The molecule has 0 N–H and O–H groups in total. The fourth-order valence-electron chi connectivity index (χ4n) is 6.31. The molecule has 2 aliphatic carbocycles. The van der Waals surface area contributed by atoms with Gasteiger partial charge in [0.05, 0.1) is 5.92 Å². The summed E-state index contributed by atoms with van der Waals surface area (Å²) in [7, 11) is 0. The highest BCUT2D eigenvalue weighted by molar-refractivity contribution is 5.75. The van der Waals surface area contributed by atoms with Gasteiger partial charge in [-0.3, -0.25) is 4.79 Å². The van der Waals surface area contributed by atoms with Gasteiger partial charge in [-0.1, -0.05) is 90.2 Å². The molecule has 3 rings (SSSR count). The maximum Gasteiger partial charge on any atom is 0.314 e. The number of unbranched alkanes of at least 4 members (excludes halogenated alkanes) is 6. The molecule has 0 heterocycles. The van der Waals surface area contributed by atoms with Gasteiger partial charge >= 0.3 is 5.97 Å². The predicted octanol–water partition coefficient (Wildman–Crippen LogP) is 9.30. The molecule has 0 aliphatic heterocycles. The molecule has 0 unspecified atom stereocenters. The molecule has 0 bridgehead atoms. The van der Waals surface area contributed by atoms with Crippen LogP contribution >= 0.6 is 0 Å². The highest BCUT2D eigenvalue weighted by Crippen LogP contribution is 2.42. The summed E-state index contributed by atoms with van der Waals surface area (Å²) in [6.45, 7) is 4.55. The van der Waals surface area contributed by atoms with Crippen molar-refractivity contribution in [3.8, 4) is 5.75 Å². The monoisotopic (exact) mass is 454 g/mol. The van der Waals surface area contributed by atoms with Crippen molar-refractivity contribution >= 4 is 5.97 Å². The molecule has 0 amide bonds. The Labute approximate surface area is 204 Å². The summed E-state index contributed by atoms with van der Waals surface area (Å²) in [5, 5.41) is 0. The van der Waals surface area contributed by atoms with E-state index in [-0.39, 0.29) is 11.9 Å². The lowest BCUT2D eigenvalue weighted by atomic mass is 9.68. The van der Waals surface area contributed by atoms with Crippen LogP contribution in [0.5, 0.6) is 5.75 Å². The molecular weight excluding hydrogens is 404 g/mol. The van der Waals surface area contributed by atoms with Gasteiger partial charge in [0.2, 0.25) is 0 Å². The van der Waals surface area contributed by atoms with Crippen molar-refractivity contribution in [2.45, 2.75) is 129 Å². The largest absolute Gasteiger partial charge is 0.426 e. The zero-order valence-electron chi connectivity index (χ0n) is 21.7. The molecule has 2 nitrogen and oxygen atoms in total. The van der Waals surface area contributed by atoms with Gasteiger partial charge in [-0.2, -0.15) is 0 Å². The number of aryl methyl sites for hydroxylation is 1. The van der Waals surface area contributed by atoms with Crippen LogP contribution in [0.3, 0.4) is 0 Å². The standard InChI is InChI=1S/C31H50O2/c1-3-5-7-9-11-25-13-17-27(18-14-25)28-19-21-29(22-20-28)31(32)33-30-23-15-26(16-24-30)12-10-8-6-4-2/h15-16,23-25,27-29H,3-14,17-22H2,1-2H3. The van der Waals surface area contributed by atoms with Gasteiger partial charge in [0.1, 0.15) is 5.75 Å². The van der Waals surface area contributed by atoms with Crippen LogP contribution in [-0.2, 0) is 11.2 Å². The Bertz CT molecular complexity index is 648.